The zero-order valence-corrected chi connectivity index (χ0v) is 19.4. The second kappa shape index (κ2) is 7.76. The van der Waals surface area contributed by atoms with Gasteiger partial charge in [-0.15, -0.1) is 0 Å². The summed E-state index contributed by atoms with van der Waals surface area (Å²) in [7, 11) is 0. The zero-order valence-electron chi connectivity index (χ0n) is 18.7. The zero-order chi connectivity index (χ0) is 22.5. The van der Waals surface area contributed by atoms with E-state index in [4.69, 9.17) is 11.6 Å². The minimum absolute atomic E-state index is 0.760. The third-order valence-corrected chi connectivity index (χ3v) is 7.04. The van der Waals surface area contributed by atoms with Gasteiger partial charge in [0.25, 0.3) is 0 Å². The van der Waals surface area contributed by atoms with E-state index >= 15 is 0 Å². The van der Waals surface area contributed by atoms with Crippen molar-refractivity contribution in [3.05, 3.63) is 119 Å². The van der Waals surface area contributed by atoms with E-state index in [1.165, 1.54) is 65.7 Å². The van der Waals surface area contributed by atoms with Crippen LogP contribution in [-0.4, -0.2) is 0 Å². The lowest BCUT2D eigenvalue weighted by atomic mass is 9.86. The fourth-order valence-electron chi connectivity index (χ4n) is 5.17. The standard InChI is InChI=1S/C32H23Cl/c1-20-9-3-5-11-23(20)29-19-32-28-17-22(33)15-16-27(28)30(24-12-6-4-10-21(24)2)18-31(32)26-14-8-7-13-25(26)29/h3-19H,1-2H3. The molecule has 158 valence electrons. The van der Waals surface area contributed by atoms with Gasteiger partial charge in [0.05, 0.1) is 0 Å². The van der Waals surface area contributed by atoms with Crippen molar-refractivity contribution >= 4 is 43.9 Å². The fourth-order valence-corrected chi connectivity index (χ4v) is 5.34. The van der Waals surface area contributed by atoms with Gasteiger partial charge in [-0.05, 0) is 104 Å². The molecular weight excluding hydrogens is 420 g/mol. The van der Waals surface area contributed by atoms with Crippen LogP contribution in [0.2, 0.25) is 5.02 Å². The van der Waals surface area contributed by atoms with E-state index in [1.807, 2.05) is 6.07 Å². The smallest absolute Gasteiger partial charge is 0.0412 e. The summed E-state index contributed by atoms with van der Waals surface area (Å²) in [6, 6.07) is 37.0. The second-order valence-corrected chi connectivity index (χ2v) is 9.25. The Morgan fingerprint density at radius 2 is 0.848 bits per heavy atom. The van der Waals surface area contributed by atoms with Crippen LogP contribution in [0.25, 0.3) is 54.6 Å². The van der Waals surface area contributed by atoms with Crippen LogP contribution in [0.3, 0.4) is 0 Å². The van der Waals surface area contributed by atoms with E-state index in [1.54, 1.807) is 0 Å². The maximum absolute atomic E-state index is 6.55. The molecule has 0 aliphatic heterocycles. The van der Waals surface area contributed by atoms with Crippen molar-refractivity contribution in [2.45, 2.75) is 13.8 Å². The third-order valence-electron chi connectivity index (χ3n) is 6.81. The van der Waals surface area contributed by atoms with Crippen molar-refractivity contribution in [1.29, 1.82) is 0 Å². The van der Waals surface area contributed by atoms with Crippen LogP contribution in [0.5, 0.6) is 0 Å². The molecule has 0 aliphatic carbocycles. The van der Waals surface area contributed by atoms with Gasteiger partial charge in [-0.1, -0.05) is 90.5 Å². The van der Waals surface area contributed by atoms with Gasteiger partial charge < -0.3 is 0 Å². The van der Waals surface area contributed by atoms with Crippen molar-refractivity contribution in [1.82, 2.24) is 0 Å². The van der Waals surface area contributed by atoms with Crippen LogP contribution in [0, 0.1) is 13.8 Å². The van der Waals surface area contributed by atoms with Crippen LogP contribution in [0.4, 0.5) is 0 Å². The summed E-state index contributed by atoms with van der Waals surface area (Å²) in [5.74, 6) is 0. The fraction of sp³-hybridized carbons (Fsp3) is 0.0625. The second-order valence-electron chi connectivity index (χ2n) is 8.81. The summed E-state index contributed by atoms with van der Waals surface area (Å²) in [6.45, 7) is 4.37. The summed E-state index contributed by atoms with van der Waals surface area (Å²) in [6.07, 6.45) is 0. The molecule has 0 heterocycles. The molecule has 0 atom stereocenters. The Labute approximate surface area is 199 Å². The molecule has 0 amide bonds. The van der Waals surface area contributed by atoms with Crippen LogP contribution < -0.4 is 0 Å². The van der Waals surface area contributed by atoms with Gasteiger partial charge in [0.2, 0.25) is 0 Å². The summed E-state index contributed by atoms with van der Waals surface area (Å²) in [5.41, 5.74) is 7.60. The summed E-state index contributed by atoms with van der Waals surface area (Å²) in [4.78, 5) is 0. The third kappa shape index (κ3) is 3.22. The van der Waals surface area contributed by atoms with Crippen LogP contribution in [0.1, 0.15) is 11.1 Å². The average Bonchev–Trinajstić information content (AvgIpc) is 2.84. The first-order valence-electron chi connectivity index (χ1n) is 11.3. The van der Waals surface area contributed by atoms with Crippen LogP contribution in [-0.2, 0) is 0 Å². The maximum atomic E-state index is 6.55. The van der Waals surface area contributed by atoms with Crippen LogP contribution >= 0.6 is 11.6 Å². The first-order valence-corrected chi connectivity index (χ1v) is 11.7. The van der Waals surface area contributed by atoms with Crippen molar-refractivity contribution in [3.63, 3.8) is 0 Å². The highest BCUT2D eigenvalue weighted by Gasteiger charge is 2.16. The first-order chi connectivity index (χ1) is 16.1. The van der Waals surface area contributed by atoms with Crippen molar-refractivity contribution in [2.24, 2.45) is 0 Å². The minimum atomic E-state index is 0.760. The van der Waals surface area contributed by atoms with Gasteiger partial charge in [0.1, 0.15) is 0 Å². The molecule has 0 saturated carbocycles. The summed E-state index contributed by atoms with van der Waals surface area (Å²) >= 11 is 6.55. The summed E-state index contributed by atoms with van der Waals surface area (Å²) < 4.78 is 0. The van der Waals surface area contributed by atoms with Gasteiger partial charge in [-0.25, -0.2) is 0 Å². The van der Waals surface area contributed by atoms with Crippen molar-refractivity contribution < 1.29 is 0 Å². The number of hydrogen-bond acceptors (Lipinski definition) is 0. The molecule has 0 aromatic heterocycles. The quantitative estimate of drug-likeness (QED) is 0.234. The molecule has 0 nitrogen and oxygen atoms in total. The van der Waals surface area contributed by atoms with Gasteiger partial charge in [-0.2, -0.15) is 0 Å². The number of rotatable bonds is 2. The first kappa shape index (κ1) is 20.0. The molecular formula is C32H23Cl. The largest absolute Gasteiger partial charge is 0.0843 e. The van der Waals surface area contributed by atoms with Gasteiger partial charge in [0, 0.05) is 5.02 Å². The Balaban J connectivity index is 1.84. The number of hydrogen-bond donors (Lipinski definition) is 0. The van der Waals surface area contributed by atoms with Gasteiger partial charge >= 0.3 is 0 Å². The predicted molar refractivity (Wildman–Crippen MR) is 144 cm³/mol. The molecule has 6 aromatic rings. The highest BCUT2D eigenvalue weighted by molar-refractivity contribution is 6.33. The number of aryl methyl sites for hydroxylation is 2. The molecule has 1 heteroatoms. The Morgan fingerprint density at radius 3 is 1.45 bits per heavy atom. The van der Waals surface area contributed by atoms with Crippen molar-refractivity contribution in [3.8, 4) is 22.3 Å². The number of halogens is 1. The van der Waals surface area contributed by atoms with E-state index < -0.39 is 0 Å². The van der Waals surface area contributed by atoms with Crippen LogP contribution in [0.15, 0.2) is 103 Å². The molecule has 0 saturated heterocycles. The van der Waals surface area contributed by atoms with Crippen molar-refractivity contribution in [2.75, 3.05) is 0 Å². The lowest BCUT2D eigenvalue weighted by Crippen LogP contribution is -1.91. The molecule has 0 spiro atoms. The Hall–Kier alpha value is -3.61. The minimum Gasteiger partial charge on any atom is -0.0843 e. The molecule has 0 aliphatic rings. The summed E-state index contributed by atoms with van der Waals surface area (Å²) in [5, 5.41) is 8.22. The van der Waals surface area contributed by atoms with Gasteiger partial charge in [0.15, 0.2) is 0 Å². The highest BCUT2D eigenvalue weighted by atomic mass is 35.5. The lowest BCUT2D eigenvalue weighted by Gasteiger charge is -2.17. The number of benzene rings is 6. The molecule has 6 aromatic carbocycles. The predicted octanol–water partition coefficient (Wildman–Crippen LogP) is 9.75. The Kier molecular flexibility index (Phi) is 4.71. The molecule has 0 unspecified atom stereocenters. The SMILES string of the molecule is Cc1ccccc1-c1cc2c3cc(Cl)ccc3c(-c3ccccc3C)cc2c2ccccc12. The van der Waals surface area contributed by atoms with Gasteiger partial charge in [-0.3, -0.25) is 0 Å². The van der Waals surface area contributed by atoms with E-state index in [-0.39, 0.29) is 0 Å². The van der Waals surface area contributed by atoms with E-state index in [2.05, 4.69) is 111 Å². The molecule has 6 rings (SSSR count). The monoisotopic (exact) mass is 442 g/mol. The Bertz CT molecular complexity index is 1690. The molecule has 0 N–H and O–H groups in total. The number of fused-ring (bicyclic) bond motifs is 5. The molecule has 0 radical (unpaired) electrons. The highest BCUT2D eigenvalue weighted by Crippen LogP contribution is 2.43. The maximum Gasteiger partial charge on any atom is 0.0412 e. The normalized spacial score (nSPS) is 11.5. The van der Waals surface area contributed by atoms with E-state index in [0.29, 0.717) is 0 Å². The average molecular weight is 443 g/mol. The lowest BCUT2D eigenvalue weighted by molar-refractivity contribution is 1.47. The molecule has 0 fully saturated rings. The van der Waals surface area contributed by atoms with E-state index in [0.717, 1.165) is 5.02 Å². The molecule has 0 bridgehead atoms. The molecule has 33 heavy (non-hydrogen) atoms. The Morgan fingerprint density at radius 1 is 0.394 bits per heavy atom. The topological polar surface area (TPSA) is 0 Å². The van der Waals surface area contributed by atoms with E-state index in [9.17, 15) is 0 Å².